The maximum atomic E-state index is 11.9. The van der Waals surface area contributed by atoms with Gasteiger partial charge in [-0.15, -0.1) is 0 Å². The molecular weight excluding hydrogens is 276 g/mol. The lowest BCUT2D eigenvalue weighted by Gasteiger charge is -2.21. The first kappa shape index (κ1) is 15.1. The number of carbonyl (C=O) groups is 1. The summed E-state index contributed by atoms with van der Waals surface area (Å²) in [6, 6.07) is 5.44. The minimum atomic E-state index is -0.533. The molecule has 0 bridgehead atoms. The van der Waals surface area contributed by atoms with Gasteiger partial charge in [0.1, 0.15) is 5.60 Å². The predicted molar refractivity (Wildman–Crippen MR) is 81.2 cm³/mol. The van der Waals surface area contributed by atoms with Gasteiger partial charge in [-0.05, 0) is 57.7 Å². The number of hydrogen-bond donors (Lipinski definition) is 2. The topological polar surface area (TPSA) is 64.3 Å². The van der Waals surface area contributed by atoms with Crippen molar-refractivity contribution in [2.24, 2.45) is 5.73 Å². The van der Waals surface area contributed by atoms with Crippen LogP contribution in [-0.2, 0) is 11.2 Å². The Morgan fingerprint density at radius 3 is 2.65 bits per heavy atom. The first-order valence-electron chi connectivity index (χ1n) is 6.74. The first-order valence-corrected chi connectivity index (χ1v) is 7.12. The van der Waals surface area contributed by atoms with Crippen LogP contribution in [0.2, 0.25) is 5.02 Å². The van der Waals surface area contributed by atoms with Crippen LogP contribution in [0, 0.1) is 0 Å². The molecule has 20 heavy (non-hydrogen) atoms. The van der Waals surface area contributed by atoms with Gasteiger partial charge < -0.3 is 10.5 Å². The molecule has 1 aromatic carbocycles. The van der Waals surface area contributed by atoms with Crippen molar-refractivity contribution in [1.29, 1.82) is 0 Å². The molecule has 0 atom stereocenters. The van der Waals surface area contributed by atoms with Gasteiger partial charge in [0, 0.05) is 16.2 Å². The maximum Gasteiger partial charge on any atom is 0.412 e. The van der Waals surface area contributed by atoms with E-state index in [1.807, 2.05) is 32.9 Å². The van der Waals surface area contributed by atoms with E-state index in [0.29, 0.717) is 10.7 Å². The Labute approximate surface area is 124 Å². The molecule has 1 aliphatic carbocycles. The molecule has 3 N–H and O–H groups in total. The van der Waals surface area contributed by atoms with Crippen molar-refractivity contribution in [2.45, 2.75) is 51.2 Å². The smallest absolute Gasteiger partial charge is 0.412 e. The molecule has 1 fully saturated rings. The molecule has 5 heteroatoms. The predicted octanol–water partition coefficient (Wildman–Crippen LogP) is 3.72. The summed E-state index contributed by atoms with van der Waals surface area (Å²) in [5.74, 6) is 0. The molecule has 0 radical (unpaired) electrons. The highest BCUT2D eigenvalue weighted by atomic mass is 35.5. The SMILES string of the molecule is CC(C)(C)OC(=O)Nc1cc(Cl)ccc1CC1(N)CC1. The third-order valence-corrected chi connectivity index (χ3v) is 3.38. The molecule has 0 heterocycles. The molecule has 2 rings (SSSR count). The van der Waals surface area contributed by atoms with Gasteiger partial charge in [0.2, 0.25) is 0 Å². The highest BCUT2D eigenvalue weighted by Crippen LogP contribution is 2.37. The van der Waals surface area contributed by atoms with E-state index < -0.39 is 11.7 Å². The fraction of sp³-hybridized carbons (Fsp3) is 0.533. The van der Waals surface area contributed by atoms with Crippen molar-refractivity contribution < 1.29 is 9.53 Å². The van der Waals surface area contributed by atoms with E-state index in [-0.39, 0.29) is 5.54 Å². The molecule has 0 spiro atoms. The number of ether oxygens (including phenoxy) is 1. The molecular formula is C15H21ClN2O2. The van der Waals surface area contributed by atoms with Gasteiger partial charge in [0.05, 0.1) is 0 Å². The molecule has 0 saturated heterocycles. The summed E-state index contributed by atoms with van der Waals surface area (Å²) in [4.78, 5) is 11.9. The zero-order chi connectivity index (χ0) is 15.0. The van der Waals surface area contributed by atoms with Crippen molar-refractivity contribution in [3.8, 4) is 0 Å². The second-order valence-electron chi connectivity index (χ2n) is 6.47. The van der Waals surface area contributed by atoms with Crippen LogP contribution in [0.5, 0.6) is 0 Å². The quantitative estimate of drug-likeness (QED) is 0.893. The van der Waals surface area contributed by atoms with Gasteiger partial charge >= 0.3 is 6.09 Å². The molecule has 110 valence electrons. The van der Waals surface area contributed by atoms with Crippen LogP contribution < -0.4 is 11.1 Å². The van der Waals surface area contributed by atoms with Crippen LogP contribution in [0.4, 0.5) is 10.5 Å². The summed E-state index contributed by atoms with van der Waals surface area (Å²) in [5, 5.41) is 3.33. The summed E-state index contributed by atoms with van der Waals surface area (Å²) >= 11 is 6.00. The third kappa shape index (κ3) is 4.39. The van der Waals surface area contributed by atoms with Crippen LogP contribution in [-0.4, -0.2) is 17.2 Å². The Morgan fingerprint density at radius 2 is 2.10 bits per heavy atom. The van der Waals surface area contributed by atoms with E-state index in [1.165, 1.54) is 0 Å². The number of rotatable bonds is 3. The number of carbonyl (C=O) groups excluding carboxylic acids is 1. The highest BCUT2D eigenvalue weighted by molar-refractivity contribution is 6.31. The van der Waals surface area contributed by atoms with Crippen molar-refractivity contribution in [2.75, 3.05) is 5.32 Å². The fourth-order valence-corrected chi connectivity index (χ4v) is 2.12. The van der Waals surface area contributed by atoms with Gasteiger partial charge in [-0.3, -0.25) is 5.32 Å². The van der Waals surface area contributed by atoms with E-state index >= 15 is 0 Å². The second kappa shape index (κ2) is 5.26. The number of anilines is 1. The van der Waals surface area contributed by atoms with Crippen molar-refractivity contribution in [3.63, 3.8) is 0 Å². The molecule has 1 aromatic rings. The van der Waals surface area contributed by atoms with Gasteiger partial charge in [0.25, 0.3) is 0 Å². The van der Waals surface area contributed by atoms with Crippen LogP contribution >= 0.6 is 11.6 Å². The Kier molecular flexibility index (Phi) is 3.98. The number of hydrogen-bond acceptors (Lipinski definition) is 3. The van der Waals surface area contributed by atoms with E-state index in [4.69, 9.17) is 22.1 Å². The standard InChI is InChI=1S/C15H21ClN2O2/c1-14(2,3)20-13(19)18-12-8-11(16)5-4-10(12)9-15(17)6-7-15/h4-5,8H,6-7,9,17H2,1-3H3,(H,18,19). The maximum absolute atomic E-state index is 11.9. The highest BCUT2D eigenvalue weighted by Gasteiger charge is 2.38. The van der Waals surface area contributed by atoms with Gasteiger partial charge in [0.15, 0.2) is 0 Å². The Morgan fingerprint density at radius 1 is 1.45 bits per heavy atom. The molecule has 0 unspecified atom stereocenters. The Bertz CT molecular complexity index is 519. The number of nitrogens with one attached hydrogen (secondary N) is 1. The average Bonchev–Trinajstić information content (AvgIpc) is 2.98. The first-order chi connectivity index (χ1) is 9.17. The van der Waals surface area contributed by atoms with Gasteiger partial charge in [-0.1, -0.05) is 17.7 Å². The zero-order valence-electron chi connectivity index (χ0n) is 12.1. The molecule has 4 nitrogen and oxygen atoms in total. The van der Waals surface area contributed by atoms with Crippen molar-refractivity contribution in [1.82, 2.24) is 0 Å². The molecule has 0 aliphatic heterocycles. The zero-order valence-corrected chi connectivity index (χ0v) is 12.9. The normalized spacial score (nSPS) is 16.6. The van der Waals surface area contributed by atoms with Gasteiger partial charge in [-0.25, -0.2) is 4.79 Å². The summed E-state index contributed by atoms with van der Waals surface area (Å²) < 4.78 is 5.26. The summed E-state index contributed by atoms with van der Waals surface area (Å²) in [7, 11) is 0. The van der Waals surface area contributed by atoms with Crippen molar-refractivity contribution >= 4 is 23.4 Å². The minimum absolute atomic E-state index is 0.127. The Balaban J connectivity index is 2.12. The lowest BCUT2D eigenvalue weighted by molar-refractivity contribution is 0.0635. The van der Waals surface area contributed by atoms with E-state index in [0.717, 1.165) is 24.8 Å². The van der Waals surface area contributed by atoms with E-state index in [9.17, 15) is 4.79 Å². The van der Waals surface area contributed by atoms with Crippen LogP contribution in [0.1, 0.15) is 39.2 Å². The Hall–Kier alpha value is -1.26. The van der Waals surface area contributed by atoms with E-state index in [1.54, 1.807) is 6.07 Å². The molecule has 1 aliphatic rings. The number of nitrogens with two attached hydrogens (primary N) is 1. The monoisotopic (exact) mass is 296 g/mol. The molecule has 1 saturated carbocycles. The van der Waals surface area contributed by atoms with E-state index in [2.05, 4.69) is 5.32 Å². The summed E-state index contributed by atoms with van der Waals surface area (Å²) in [6.07, 6.45) is 2.28. The molecule has 0 aromatic heterocycles. The minimum Gasteiger partial charge on any atom is -0.444 e. The third-order valence-electron chi connectivity index (χ3n) is 3.14. The van der Waals surface area contributed by atoms with Crippen molar-refractivity contribution in [3.05, 3.63) is 28.8 Å². The second-order valence-corrected chi connectivity index (χ2v) is 6.90. The summed E-state index contributed by atoms with van der Waals surface area (Å²) in [6.45, 7) is 5.47. The van der Waals surface area contributed by atoms with Gasteiger partial charge in [-0.2, -0.15) is 0 Å². The average molecular weight is 297 g/mol. The van der Waals surface area contributed by atoms with Crippen LogP contribution in [0.15, 0.2) is 18.2 Å². The number of amides is 1. The molecule has 1 amide bonds. The van der Waals surface area contributed by atoms with Crippen LogP contribution in [0.3, 0.4) is 0 Å². The fourth-order valence-electron chi connectivity index (χ4n) is 1.95. The lowest BCUT2D eigenvalue weighted by Crippen LogP contribution is -2.28. The lowest BCUT2D eigenvalue weighted by atomic mass is 10.0. The number of benzene rings is 1. The largest absolute Gasteiger partial charge is 0.444 e. The van der Waals surface area contributed by atoms with Crippen LogP contribution in [0.25, 0.3) is 0 Å². The summed E-state index contributed by atoms with van der Waals surface area (Å²) in [5.41, 5.74) is 7.14. The number of halogens is 1.